The fourth-order valence-electron chi connectivity index (χ4n) is 1.10. The molecular weight excluding hydrogens is 190 g/mol. The molecule has 0 aliphatic heterocycles. The lowest BCUT2D eigenvalue weighted by molar-refractivity contribution is 0.843. The van der Waals surface area contributed by atoms with Crippen molar-refractivity contribution in [3.05, 3.63) is 20.8 Å². The van der Waals surface area contributed by atoms with E-state index in [2.05, 4.69) is 13.0 Å². The topological polar surface area (TPSA) is 26.0 Å². The Bertz CT molecular complexity index is 245. The van der Waals surface area contributed by atoms with Gasteiger partial charge in [-0.15, -0.1) is 11.3 Å². The zero-order valence-corrected chi connectivity index (χ0v) is 8.84. The molecule has 2 N–H and O–H groups in total. The van der Waals surface area contributed by atoms with Crippen LogP contribution in [0, 0.1) is 0 Å². The minimum Gasteiger partial charge on any atom is -0.330 e. The van der Waals surface area contributed by atoms with E-state index in [-0.39, 0.29) is 0 Å². The minimum absolute atomic E-state index is 0.761. The molecule has 0 bridgehead atoms. The second-order valence-corrected chi connectivity index (χ2v) is 4.36. The van der Waals surface area contributed by atoms with E-state index in [1.54, 1.807) is 0 Å². The monoisotopic (exact) mass is 203 g/mol. The SMILES string of the molecule is CCc1sc(CCCN)cc1Cl. The van der Waals surface area contributed by atoms with E-state index in [4.69, 9.17) is 17.3 Å². The summed E-state index contributed by atoms with van der Waals surface area (Å²) in [6.45, 7) is 2.89. The smallest absolute Gasteiger partial charge is 0.0547 e. The Morgan fingerprint density at radius 2 is 2.33 bits per heavy atom. The number of hydrogen-bond donors (Lipinski definition) is 1. The van der Waals surface area contributed by atoms with Crippen molar-refractivity contribution in [2.75, 3.05) is 6.54 Å². The minimum atomic E-state index is 0.761. The molecule has 0 aliphatic rings. The lowest BCUT2D eigenvalue weighted by atomic mass is 10.2. The number of nitrogens with two attached hydrogens (primary N) is 1. The lowest BCUT2D eigenvalue weighted by Crippen LogP contribution is -1.99. The Labute approximate surface area is 82.5 Å². The molecule has 68 valence electrons. The summed E-state index contributed by atoms with van der Waals surface area (Å²) in [7, 11) is 0. The van der Waals surface area contributed by atoms with E-state index in [9.17, 15) is 0 Å². The molecule has 0 fully saturated rings. The van der Waals surface area contributed by atoms with Crippen LogP contribution in [0.3, 0.4) is 0 Å². The number of halogens is 1. The van der Waals surface area contributed by atoms with Gasteiger partial charge in [-0.25, -0.2) is 0 Å². The van der Waals surface area contributed by atoms with Crippen molar-refractivity contribution in [3.8, 4) is 0 Å². The van der Waals surface area contributed by atoms with Gasteiger partial charge in [-0.1, -0.05) is 18.5 Å². The highest BCUT2D eigenvalue weighted by molar-refractivity contribution is 7.12. The van der Waals surface area contributed by atoms with Crippen molar-refractivity contribution in [2.45, 2.75) is 26.2 Å². The van der Waals surface area contributed by atoms with E-state index >= 15 is 0 Å². The molecule has 0 atom stereocenters. The fourth-order valence-corrected chi connectivity index (χ4v) is 2.59. The summed E-state index contributed by atoms with van der Waals surface area (Å²) in [6, 6.07) is 2.07. The van der Waals surface area contributed by atoms with Crippen LogP contribution in [0.2, 0.25) is 5.02 Å². The highest BCUT2D eigenvalue weighted by Crippen LogP contribution is 2.27. The van der Waals surface area contributed by atoms with Crippen LogP contribution in [0.5, 0.6) is 0 Å². The van der Waals surface area contributed by atoms with Gasteiger partial charge < -0.3 is 5.73 Å². The maximum absolute atomic E-state index is 6.00. The molecule has 0 unspecified atom stereocenters. The third-order valence-corrected chi connectivity index (χ3v) is 3.55. The van der Waals surface area contributed by atoms with Crippen molar-refractivity contribution >= 4 is 22.9 Å². The normalized spacial score (nSPS) is 10.6. The average Bonchev–Trinajstić information content (AvgIpc) is 2.43. The fraction of sp³-hybridized carbons (Fsp3) is 0.556. The molecule has 0 spiro atoms. The molecule has 0 aromatic carbocycles. The number of aryl methyl sites for hydroxylation is 2. The standard InChI is InChI=1S/C9H14ClNS/c1-2-9-8(10)6-7(12-9)4-3-5-11/h6H,2-5,11H2,1H3. The summed E-state index contributed by atoms with van der Waals surface area (Å²) >= 11 is 7.82. The van der Waals surface area contributed by atoms with Gasteiger partial charge in [0, 0.05) is 9.75 Å². The molecule has 1 heterocycles. The Morgan fingerprint density at radius 3 is 2.83 bits per heavy atom. The first-order valence-corrected chi connectivity index (χ1v) is 5.44. The second kappa shape index (κ2) is 4.85. The molecule has 0 saturated heterocycles. The van der Waals surface area contributed by atoms with Crippen LogP contribution in [-0.2, 0) is 12.8 Å². The lowest BCUT2D eigenvalue weighted by Gasteiger charge is -1.91. The third kappa shape index (κ3) is 2.47. The van der Waals surface area contributed by atoms with E-state index < -0.39 is 0 Å². The zero-order chi connectivity index (χ0) is 8.97. The Kier molecular flexibility index (Phi) is 4.06. The Morgan fingerprint density at radius 1 is 1.58 bits per heavy atom. The average molecular weight is 204 g/mol. The van der Waals surface area contributed by atoms with Crippen LogP contribution >= 0.6 is 22.9 Å². The van der Waals surface area contributed by atoms with Crippen molar-refractivity contribution in [1.82, 2.24) is 0 Å². The molecule has 0 radical (unpaired) electrons. The molecule has 1 aromatic heterocycles. The predicted octanol–water partition coefficient (Wildman–Crippen LogP) is 2.86. The van der Waals surface area contributed by atoms with Gasteiger partial charge in [0.2, 0.25) is 0 Å². The van der Waals surface area contributed by atoms with E-state index in [1.807, 2.05) is 11.3 Å². The molecule has 1 aromatic rings. The highest BCUT2D eigenvalue weighted by atomic mass is 35.5. The van der Waals surface area contributed by atoms with Gasteiger partial charge in [0.1, 0.15) is 0 Å². The first kappa shape index (κ1) is 10.0. The van der Waals surface area contributed by atoms with Crippen molar-refractivity contribution < 1.29 is 0 Å². The summed E-state index contributed by atoms with van der Waals surface area (Å²) in [5.74, 6) is 0. The second-order valence-electron chi connectivity index (χ2n) is 2.73. The molecular formula is C9H14ClNS. The van der Waals surface area contributed by atoms with Gasteiger partial charge in [-0.3, -0.25) is 0 Å². The first-order chi connectivity index (χ1) is 5.77. The summed E-state index contributed by atoms with van der Waals surface area (Å²) in [5, 5.41) is 0.925. The van der Waals surface area contributed by atoms with Gasteiger partial charge in [-0.05, 0) is 31.9 Å². The third-order valence-electron chi connectivity index (χ3n) is 1.76. The summed E-state index contributed by atoms with van der Waals surface area (Å²) in [6.07, 6.45) is 3.16. The van der Waals surface area contributed by atoms with Crippen molar-refractivity contribution in [1.29, 1.82) is 0 Å². The molecule has 1 nitrogen and oxygen atoms in total. The maximum Gasteiger partial charge on any atom is 0.0547 e. The van der Waals surface area contributed by atoms with Gasteiger partial charge in [0.25, 0.3) is 0 Å². The summed E-state index contributed by atoms with van der Waals surface area (Å²) in [5.41, 5.74) is 5.43. The summed E-state index contributed by atoms with van der Waals surface area (Å²) in [4.78, 5) is 2.66. The van der Waals surface area contributed by atoms with Gasteiger partial charge in [0.05, 0.1) is 5.02 Å². The maximum atomic E-state index is 6.00. The molecule has 12 heavy (non-hydrogen) atoms. The number of thiophene rings is 1. The molecule has 0 saturated carbocycles. The predicted molar refractivity (Wildman–Crippen MR) is 56.1 cm³/mol. The van der Waals surface area contributed by atoms with E-state index in [1.165, 1.54) is 9.75 Å². The van der Waals surface area contributed by atoms with Crippen LogP contribution in [-0.4, -0.2) is 6.54 Å². The van der Waals surface area contributed by atoms with E-state index in [0.29, 0.717) is 0 Å². The Hall–Kier alpha value is -0.0500. The largest absolute Gasteiger partial charge is 0.330 e. The molecule has 0 aliphatic carbocycles. The first-order valence-electron chi connectivity index (χ1n) is 4.25. The van der Waals surface area contributed by atoms with E-state index in [0.717, 1.165) is 30.8 Å². The van der Waals surface area contributed by atoms with Gasteiger partial charge in [0.15, 0.2) is 0 Å². The summed E-state index contributed by atoms with van der Waals surface area (Å²) < 4.78 is 0. The van der Waals surface area contributed by atoms with Gasteiger partial charge >= 0.3 is 0 Å². The van der Waals surface area contributed by atoms with Crippen LogP contribution in [0.15, 0.2) is 6.07 Å². The highest BCUT2D eigenvalue weighted by Gasteiger charge is 2.04. The molecule has 0 amide bonds. The van der Waals surface area contributed by atoms with Crippen LogP contribution < -0.4 is 5.73 Å². The van der Waals surface area contributed by atoms with Crippen molar-refractivity contribution in [3.63, 3.8) is 0 Å². The van der Waals surface area contributed by atoms with Crippen LogP contribution in [0.25, 0.3) is 0 Å². The number of rotatable bonds is 4. The molecule has 3 heteroatoms. The van der Waals surface area contributed by atoms with Crippen LogP contribution in [0.1, 0.15) is 23.1 Å². The Balaban J connectivity index is 2.62. The van der Waals surface area contributed by atoms with Crippen molar-refractivity contribution in [2.24, 2.45) is 5.73 Å². The van der Waals surface area contributed by atoms with Gasteiger partial charge in [-0.2, -0.15) is 0 Å². The zero-order valence-electron chi connectivity index (χ0n) is 7.27. The van der Waals surface area contributed by atoms with Crippen LogP contribution in [0.4, 0.5) is 0 Å². The quantitative estimate of drug-likeness (QED) is 0.800. The molecule has 1 rings (SSSR count). The number of hydrogen-bond acceptors (Lipinski definition) is 2.